The van der Waals surface area contributed by atoms with E-state index in [0.717, 1.165) is 5.56 Å². The van der Waals surface area contributed by atoms with Crippen LogP contribution in [0.15, 0.2) is 54.1 Å². The lowest BCUT2D eigenvalue weighted by Gasteiger charge is -1.98. The smallest absolute Gasteiger partial charge is 0.203 e. The van der Waals surface area contributed by atoms with E-state index in [4.69, 9.17) is 11.6 Å². The number of rotatable bonds is 3. The highest BCUT2D eigenvalue weighted by molar-refractivity contribution is 6.33. The zero-order chi connectivity index (χ0) is 15.7. The number of benzene rings is 2. The summed E-state index contributed by atoms with van der Waals surface area (Å²) in [6.45, 7) is 2.36. The minimum absolute atomic E-state index is 0.0432. The van der Waals surface area contributed by atoms with Crippen LogP contribution in [0.25, 0.3) is 5.76 Å². The number of ketones is 1. The predicted molar refractivity (Wildman–Crippen MR) is 87.1 cm³/mol. The van der Waals surface area contributed by atoms with E-state index in [0.29, 0.717) is 34.0 Å². The molecule has 3 rings (SSSR count). The maximum absolute atomic E-state index is 12.4. The van der Waals surface area contributed by atoms with Crippen molar-refractivity contribution in [3.63, 3.8) is 0 Å². The summed E-state index contributed by atoms with van der Waals surface area (Å²) in [5.41, 5.74) is 3.19. The monoisotopic (exact) mass is 312 g/mol. The van der Waals surface area contributed by atoms with Gasteiger partial charge in [0.05, 0.1) is 0 Å². The molecule has 0 saturated heterocycles. The molecule has 1 aliphatic carbocycles. The summed E-state index contributed by atoms with van der Waals surface area (Å²) >= 11 is 5.86. The Morgan fingerprint density at radius 2 is 1.73 bits per heavy atom. The third-order valence-electron chi connectivity index (χ3n) is 3.74. The van der Waals surface area contributed by atoms with E-state index in [9.17, 15) is 9.90 Å². The number of fused-ring (bicyclic) bond motifs is 1. The molecule has 0 bridgehead atoms. The molecule has 2 N–H and O–H groups in total. The van der Waals surface area contributed by atoms with Crippen molar-refractivity contribution < 1.29 is 14.9 Å². The van der Waals surface area contributed by atoms with Crippen LogP contribution in [0.5, 0.6) is 0 Å². The van der Waals surface area contributed by atoms with Gasteiger partial charge < -0.3 is 5.11 Å². The Hall–Kier alpha value is -2.39. The number of carbonyl (C=O) groups excluding carboxylic acids is 1. The van der Waals surface area contributed by atoms with Gasteiger partial charge in [0.1, 0.15) is 11.3 Å². The van der Waals surface area contributed by atoms with Crippen molar-refractivity contribution in [1.82, 2.24) is 0 Å². The highest BCUT2D eigenvalue weighted by Crippen LogP contribution is 2.30. The molecule has 2 aromatic carbocycles. The lowest BCUT2D eigenvalue weighted by atomic mass is 10.1. The summed E-state index contributed by atoms with van der Waals surface area (Å²) in [5.74, 6) is -0.101. The third kappa shape index (κ3) is 2.55. The van der Waals surface area contributed by atoms with Crippen LogP contribution in [0, 0.1) is 0 Å². The first kappa shape index (κ1) is 14.5. The van der Waals surface area contributed by atoms with Crippen LogP contribution >= 0.6 is 11.6 Å². The summed E-state index contributed by atoms with van der Waals surface area (Å²) in [4.78, 5) is 15.6. The Bertz CT molecular complexity index is 804. The number of carbonyl (C=O) groups is 1. The van der Waals surface area contributed by atoms with Gasteiger partial charge >= 0.3 is 0 Å². The Balaban J connectivity index is 1.88. The number of halogens is 1. The molecule has 1 aliphatic rings. The molecule has 0 aromatic heterocycles. The summed E-state index contributed by atoms with van der Waals surface area (Å²) in [5, 5.41) is 11.0. The van der Waals surface area contributed by atoms with Crippen LogP contribution in [-0.4, -0.2) is 16.6 Å². The molecule has 0 saturated carbocycles. The predicted octanol–water partition coefficient (Wildman–Crippen LogP) is 2.55. The number of hydrogen-bond donors (Lipinski definition) is 2. The van der Waals surface area contributed by atoms with E-state index in [1.165, 1.54) is 0 Å². The second-order valence-corrected chi connectivity index (χ2v) is 5.64. The molecule has 22 heavy (non-hydrogen) atoms. The van der Waals surface area contributed by atoms with E-state index in [1.54, 1.807) is 25.1 Å². The van der Waals surface area contributed by atoms with Crippen molar-refractivity contribution in [3.8, 4) is 0 Å². The second-order valence-electron chi connectivity index (χ2n) is 5.20. The van der Waals surface area contributed by atoms with Crippen molar-refractivity contribution in [2.75, 3.05) is 0 Å². The van der Waals surface area contributed by atoms with Gasteiger partial charge in [0.15, 0.2) is 12.3 Å². The van der Waals surface area contributed by atoms with Gasteiger partial charge in [-0.15, -0.1) is 0 Å². The van der Waals surface area contributed by atoms with Crippen molar-refractivity contribution >= 4 is 28.9 Å². The fourth-order valence-electron chi connectivity index (χ4n) is 2.54. The van der Waals surface area contributed by atoms with Gasteiger partial charge in [-0.25, -0.2) is 4.99 Å². The molecular formula is C18H15ClNO2+. The molecule has 2 aromatic rings. The van der Waals surface area contributed by atoms with Crippen LogP contribution in [-0.2, 0) is 6.54 Å². The Morgan fingerprint density at radius 3 is 2.36 bits per heavy atom. The molecule has 110 valence electrons. The minimum atomic E-state index is -0.144. The minimum Gasteiger partial charge on any atom is -0.506 e. The topological polar surface area (TPSA) is 51.3 Å². The summed E-state index contributed by atoms with van der Waals surface area (Å²) in [6, 6.07) is 14.6. The lowest BCUT2D eigenvalue weighted by molar-refractivity contribution is -0.475. The standard InChI is InChI=1S/C18H14ClNO2/c1-11(20-10-12-6-8-13(19)9-7-12)16-17(21)14-4-2-3-5-15(14)18(16)22/h2-9,21H,10H2,1H3/p+1. The zero-order valence-electron chi connectivity index (χ0n) is 12.1. The average molecular weight is 313 g/mol. The van der Waals surface area contributed by atoms with E-state index < -0.39 is 0 Å². The molecule has 0 radical (unpaired) electrons. The van der Waals surface area contributed by atoms with Gasteiger partial charge in [0.2, 0.25) is 5.78 Å². The van der Waals surface area contributed by atoms with Crippen LogP contribution in [0.3, 0.4) is 0 Å². The van der Waals surface area contributed by atoms with Crippen molar-refractivity contribution in [3.05, 3.63) is 75.8 Å². The highest BCUT2D eigenvalue weighted by atomic mass is 35.5. The maximum Gasteiger partial charge on any atom is 0.203 e. The second kappa shape index (κ2) is 5.78. The van der Waals surface area contributed by atoms with Gasteiger partial charge in [-0.05, 0) is 12.1 Å². The number of Topliss-reactive ketones (excluding diaryl/α,β-unsaturated/α-hetero) is 1. The van der Waals surface area contributed by atoms with Gasteiger partial charge in [-0.3, -0.25) is 4.79 Å². The van der Waals surface area contributed by atoms with Gasteiger partial charge in [0.25, 0.3) is 0 Å². The largest absolute Gasteiger partial charge is 0.506 e. The summed E-state index contributed by atoms with van der Waals surface area (Å²) in [7, 11) is 0. The first-order valence-electron chi connectivity index (χ1n) is 6.97. The summed E-state index contributed by atoms with van der Waals surface area (Å²) in [6.07, 6.45) is 0. The Morgan fingerprint density at radius 1 is 1.09 bits per heavy atom. The number of hydrogen-bond acceptors (Lipinski definition) is 2. The third-order valence-corrected chi connectivity index (χ3v) is 3.99. The first-order valence-corrected chi connectivity index (χ1v) is 7.35. The van der Waals surface area contributed by atoms with Gasteiger partial charge in [-0.1, -0.05) is 48.0 Å². The Labute approximate surface area is 133 Å². The van der Waals surface area contributed by atoms with Crippen LogP contribution in [0.2, 0.25) is 5.02 Å². The van der Waals surface area contributed by atoms with Gasteiger partial charge in [-0.2, -0.15) is 0 Å². The normalized spacial score (nSPS) is 14.5. The summed E-state index contributed by atoms with van der Waals surface area (Å²) < 4.78 is 0. The fourth-order valence-corrected chi connectivity index (χ4v) is 2.66. The van der Waals surface area contributed by atoms with Crippen LogP contribution in [0.4, 0.5) is 0 Å². The van der Waals surface area contributed by atoms with E-state index >= 15 is 0 Å². The molecule has 0 atom stereocenters. The molecular weight excluding hydrogens is 298 g/mol. The number of aliphatic hydroxyl groups is 1. The Kier molecular flexibility index (Phi) is 3.82. The molecule has 0 heterocycles. The van der Waals surface area contributed by atoms with E-state index in [1.807, 2.05) is 30.3 Å². The maximum atomic E-state index is 12.4. The van der Waals surface area contributed by atoms with Crippen LogP contribution < -0.4 is 4.99 Å². The number of nitrogens with one attached hydrogen (secondary N) is 1. The molecule has 0 fully saturated rings. The molecule has 0 unspecified atom stereocenters. The number of aliphatic hydroxyl groups excluding tert-OH is 1. The van der Waals surface area contributed by atoms with Crippen molar-refractivity contribution in [2.45, 2.75) is 13.5 Å². The zero-order valence-corrected chi connectivity index (χ0v) is 12.8. The fraction of sp³-hybridized carbons (Fsp3) is 0.111. The first-order chi connectivity index (χ1) is 10.6. The number of allylic oxidation sites excluding steroid dienone is 1. The lowest BCUT2D eigenvalue weighted by Crippen LogP contribution is -2.71. The van der Waals surface area contributed by atoms with E-state index in [2.05, 4.69) is 4.99 Å². The molecule has 4 heteroatoms. The molecule has 3 nitrogen and oxygen atoms in total. The highest BCUT2D eigenvalue weighted by Gasteiger charge is 2.33. The van der Waals surface area contributed by atoms with Gasteiger partial charge in [0, 0.05) is 28.6 Å². The molecule has 0 aliphatic heterocycles. The van der Waals surface area contributed by atoms with E-state index in [-0.39, 0.29) is 11.5 Å². The van der Waals surface area contributed by atoms with Crippen LogP contribution in [0.1, 0.15) is 28.4 Å². The quantitative estimate of drug-likeness (QED) is 0.856. The molecule has 0 amide bonds. The molecule has 0 spiro atoms. The van der Waals surface area contributed by atoms with Crippen molar-refractivity contribution in [2.24, 2.45) is 0 Å². The average Bonchev–Trinajstić information content (AvgIpc) is 2.79. The van der Waals surface area contributed by atoms with Crippen molar-refractivity contribution in [1.29, 1.82) is 0 Å². The SMILES string of the molecule is CC(=[NH+]Cc1ccc(Cl)cc1)C1=C(O)c2ccccc2C1=O.